The van der Waals surface area contributed by atoms with Gasteiger partial charge in [0.2, 0.25) is 0 Å². The van der Waals surface area contributed by atoms with Gasteiger partial charge < -0.3 is 15.2 Å². The standard InChI is InChI=1S/C13H19N5O/c1-5-6-15-13(19)11-9(14-3)10-12(18(11)4)17-8(2)7-16-10/h7,14H,5-6H2,1-4H3,(H,15,19). The highest BCUT2D eigenvalue weighted by atomic mass is 16.2. The molecule has 0 aliphatic rings. The van der Waals surface area contributed by atoms with E-state index in [0.29, 0.717) is 17.9 Å². The zero-order valence-electron chi connectivity index (χ0n) is 11.7. The predicted octanol–water partition coefficient (Wildman–Crippen LogP) is 1.46. The van der Waals surface area contributed by atoms with Gasteiger partial charge in [-0.15, -0.1) is 0 Å². The Bertz CT molecular complexity index is 617. The molecule has 0 aromatic carbocycles. The highest BCUT2D eigenvalue weighted by Crippen LogP contribution is 2.27. The largest absolute Gasteiger partial charge is 0.384 e. The van der Waals surface area contributed by atoms with Crippen LogP contribution in [0.25, 0.3) is 11.2 Å². The van der Waals surface area contributed by atoms with Crippen molar-refractivity contribution in [3.8, 4) is 0 Å². The van der Waals surface area contributed by atoms with E-state index in [4.69, 9.17) is 0 Å². The Morgan fingerprint density at radius 2 is 2.21 bits per heavy atom. The molecule has 0 aliphatic heterocycles. The lowest BCUT2D eigenvalue weighted by atomic mass is 10.3. The first kappa shape index (κ1) is 13.3. The van der Waals surface area contributed by atoms with Crippen LogP contribution in [0.1, 0.15) is 29.5 Å². The zero-order chi connectivity index (χ0) is 14.0. The Morgan fingerprint density at radius 1 is 1.47 bits per heavy atom. The molecule has 0 saturated carbocycles. The molecule has 2 heterocycles. The third-order valence-corrected chi connectivity index (χ3v) is 3.00. The van der Waals surface area contributed by atoms with Gasteiger partial charge >= 0.3 is 0 Å². The van der Waals surface area contributed by atoms with Crippen LogP contribution in [0.2, 0.25) is 0 Å². The van der Waals surface area contributed by atoms with Gasteiger partial charge in [0.05, 0.1) is 11.4 Å². The average molecular weight is 261 g/mol. The molecule has 2 N–H and O–H groups in total. The molecule has 6 nitrogen and oxygen atoms in total. The van der Waals surface area contributed by atoms with Gasteiger partial charge in [0.15, 0.2) is 5.65 Å². The highest BCUT2D eigenvalue weighted by Gasteiger charge is 2.21. The maximum Gasteiger partial charge on any atom is 0.270 e. The fraction of sp³-hybridized carbons (Fsp3) is 0.462. The lowest BCUT2D eigenvalue weighted by molar-refractivity contribution is 0.0947. The van der Waals surface area contributed by atoms with Crippen LogP contribution in [0.15, 0.2) is 6.20 Å². The number of aromatic nitrogens is 3. The SMILES string of the molecule is CCCNC(=O)c1c(NC)c2ncc(C)nc2n1C. The first-order valence-corrected chi connectivity index (χ1v) is 6.38. The maximum absolute atomic E-state index is 12.2. The molecule has 0 unspecified atom stereocenters. The van der Waals surface area contributed by atoms with Gasteiger partial charge in [0, 0.05) is 26.8 Å². The number of hydrogen-bond donors (Lipinski definition) is 2. The van der Waals surface area contributed by atoms with Crippen LogP contribution in [-0.2, 0) is 7.05 Å². The summed E-state index contributed by atoms with van der Waals surface area (Å²) >= 11 is 0. The summed E-state index contributed by atoms with van der Waals surface area (Å²) in [5.41, 5.74) is 3.55. The van der Waals surface area contributed by atoms with Crippen molar-refractivity contribution in [2.75, 3.05) is 18.9 Å². The first-order chi connectivity index (χ1) is 9.10. The number of fused-ring (bicyclic) bond motifs is 1. The van der Waals surface area contributed by atoms with E-state index >= 15 is 0 Å². The van der Waals surface area contributed by atoms with Crippen molar-refractivity contribution in [1.82, 2.24) is 19.9 Å². The van der Waals surface area contributed by atoms with E-state index in [-0.39, 0.29) is 5.91 Å². The number of carbonyl (C=O) groups excluding carboxylic acids is 1. The molecule has 0 spiro atoms. The predicted molar refractivity (Wildman–Crippen MR) is 75.4 cm³/mol. The molecule has 0 atom stereocenters. The van der Waals surface area contributed by atoms with Gasteiger partial charge in [-0.2, -0.15) is 0 Å². The minimum atomic E-state index is -0.105. The highest BCUT2D eigenvalue weighted by molar-refractivity contribution is 6.06. The number of aryl methyl sites for hydroxylation is 2. The smallest absolute Gasteiger partial charge is 0.270 e. The molecule has 2 rings (SSSR count). The summed E-state index contributed by atoms with van der Waals surface area (Å²) < 4.78 is 1.78. The topological polar surface area (TPSA) is 71.8 Å². The van der Waals surface area contributed by atoms with E-state index < -0.39 is 0 Å². The summed E-state index contributed by atoms with van der Waals surface area (Å²) in [4.78, 5) is 21.0. The molecule has 1 amide bonds. The minimum absolute atomic E-state index is 0.105. The Labute approximate surface area is 112 Å². The molecule has 0 aliphatic carbocycles. The molecule has 0 fully saturated rings. The second-order valence-electron chi connectivity index (χ2n) is 4.47. The van der Waals surface area contributed by atoms with Gasteiger partial charge in [-0.1, -0.05) is 6.92 Å². The van der Waals surface area contributed by atoms with Crippen LogP contribution in [0.3, 0.4) is 0 Å². The van der Waals surface area contributed by atoms with E-state index in [1.54, 1.807) is 17.8 Å². The van der Waals surface area contributed by atoms with Crippen LogP contribution in [0.5, 0.6) is 0 Å². The van der Waals surface area contributed by atoms with E-state index in [2.05, 4.69) is 20.6 Å². The van der Waals surface area contributed by atoms with E-state index in [1.165, 1.54) is 0 Å². The number of rotatable bonds is 4. The van der Waals surface area contributed by atoms with Crippen LogP contribution >= 0.6 is 0 Å². The van der Waals surface area contributed by atoms with E-state index in [9.17, 15) is 4.79 Å². The van der Waals surface area contributed by atoms with E-state index in [1.807, 2.05) is 20.9 Å². The van der Waals surface area contributed by atoms with Crippen LogP contribution < -0.4 is 10.6 Å². The Balaban J connectivity index is 2.59. The van der Waals surface area contributed by atoms with Crippen molar-refractivity contribution in [3.05, 3.63) is 17.6 Å². The Hall–Kier alpha value is -2.11. The second kappa shape index (κ2) is 5.26. The number of anilines is 1. The number of carbonyl (C=O) groups is 1. The summed E-state index contributed by atoms with van der Waals surface area (Å²) in [6.45, 7) is 4.56. The maximum atomic E-state index is 12.2. The summed E-state index contributed by atoms with van der Waals surface area (Å²) in [6.07, 6.45) is 2.61. The van der Waals surface area contributed by atoms with Gasteiger partial charge in [-0.05, 0) is 13.3 Å². The molecular formula is C13H19N5O. The molecule has 2 aromatic rings. The third-order valence-electron chi connectivity index (χ3n) is 3.00. The molecule has 6 heteroatoms. The van der Waals surface area contributed by atoms with Gasteiger partial charge in [-0.25, -0.2) is 9.97 Å². The monoisotopic (exact) mass is 261 g/mol. The molecule has 0 bridgehead atoms. The lowest BCUT2D eigenvalue weighted by Crippen LogP contribution is -2.26. The normalized spacial score (nSPS) is 10.7. The minimum Gasteiger partial charge on any atom is -0.384 e. The fourth-order valence-corrected chi connectivity index (χ4v) is 2.09. The molecule has 0 radical (unpaired) electrons. The molecular weight excluding hydrogens is 242 g/mol. The fourth-order valence-electron chi connectivity index (χ4n) is 2.09. The van der Waals surface area contributed by atoms with Crippen LogP contribution in [0.4, 0.5) is 5.69 Å². The van der Waals surface area contributed by atoms with E-state index in [0.717, 1.165) is 23.3 Å². The molecule has 102 valence electrons. The van der Waals surface area contributed by atoms with Crippen molar-refractivity contribution >= 4 is 22.8 Å². The van der Waals surface area contributed by atoms with Crippen molar-refractivity contribution in [2.45, 2.75) is 20.3 Å². The first-order valence-electron chi connectivity index (χ1n) is 6.38. The van der Waals surface area contributed by atoms with Gasteiger partial charge in [0.1, 0.15) is 11.2 Å². The summed E-state index contributed by atoms with van der Waals surface area (Å²) in [5.74, 6) is -0.105. The van der Waals surface area contributed by atoms with Crippen LogP contribution in [-0.4, -0.2) is 34.0 Å². The quantitative estimate of drug-likeness (QED) is 0.874. The average Bonchev–Trinajstić information content (AvgIpc) is 2.68. The lowest BCUT2D eigenvalue weighted by Gasteiger charge is -2.07. The third kappa shape index (κ3) is 2.25. The number of nitrogens with one attached hydrogen (secondary N) is 2. The van der Waals surface area contributed by atoms with Crippen molar-refractivity contribution < 1.29 is 4.79 Å². The number of nitrogens with zero attached hydrogens (tertiary/aromatic N) is 3. The van der Waals surface area contributed by atoms with Crippen LogP contribution in [0, 0.1) is 6.92 Å². The number of hydrogen-bond acceptors (Lipinski definition) is 4. The van der Waals surface area contributed by atoms with Crippen molar-refractivity contribution in [3.63, 3.8) is 0 Å². The summed E-state index contributed by atoms with van der Waals surface area (Å²) in [6, 6.07) is 0. The second-order valence-corrected chi connectivity index (χ2v) is 4.47. The van der Waals surface area contributed by atoms with Gasteiger partial charge in [0.25, 0.3) is 5.91 Å². The van der Waals surface area contributed by atoms with Crippen molar-refractivity contribution in [2.24, 2.45) is 7.05 Å². The van der Waals surface area contributed by atoms with Crippen molar-refractivity contribution in [1.29, 1.82) is 0 Å². The number of amides is 1. The molecule has 19 heavy (non-hydrogen) atoms. The zero-order valence-corrected chi connectivity index (χ0v) is 11.7. The van der Waals surface area contributed by atoms with Gasteiger partial charge in [-0.3, -0.25) is 4.79 Å². The summed E-state index contributed by atoms with van der Waals surface area (Å²) in [7, 11) is 3.62. The molecule has 2 aromatic heterocycles. The Morgan fingerprint density at radius 3 is 2.84 bits per heavy atom. The molecule has 0 saturated heterocycles. The summed E-state index contributed by atoms with van der Waals surface area (Å²) in [5, 5.41) is 5.94. The Kier molecular flexibility index (Phi) is 3.69.